The molecule has 0 bridgehead atoms. The summed E-state index contributed by atoms with van der Waals surface area (Å²) in [5.74, 6) is 0.371. The first-order valence-electron chi connectivity index (χ1n) is 6.47. The van der Waals surface area contributed by atoms with E-state index >= 15 is 0 Å². The van der Waals surface area contributed by atoms with Crippen molar-refractivity contribution in [2.75, 3.05) is 11.9 Å². The van der Waals surface area contributed by atoms with Crippen molar-refractivity contribution in [2.45, 2.75) is 6.42 Å². The molecular weight excluding hydrogens is 308 g/mol. The Morgan fingerprint density at radius 1 is 1.23 bits per heavy atom. The lowest BCUT2D eigenvalue weighted by molar-refractivity contribution is -0.391. The van der Waals surface area contributed by atoms with Crippen molar-refractivity contribution in [3.63, 3.8) is 0 Å². The molecule has 3 heterocycles. The van der Waals surface area contributed by atoms with Crippen molar-refractivity contribution >= 4 is 28.9 Å². The van der Waals surface area contributed by atoms with Crippen LogP contribution in [-0.2, 0) is 6.42 Å². The fraction of sp³-hybridized carbons (Fsp3) is 0.154. The van der Waals surface area contributed by atoms with Gasteiger partial charge in [-0.15, -0.1) is 0 Å². The minimum Gasteiger partial charge on any atom is -0.367 e. The first-order chi connectivity index (χ1) is 10.6. The van der Waals surface area contributed by atoms with Crippen molar-refractivity contribution < 1.29 is 4.92 Å². The molecule has 0 spiro atoms. The Kier molecular flexibility index (Phi) is 3.84. The molecule has 22 heavy (non-hydrogen) atoms. The maximum atomic E-state index is 10.9. The van der Waals surface area contributed by atoms with Crippen LogP contribution in [0.4, 0.5) is 11.6 Å². The molecule has 9 heteroatoms. The van der Waals surface area contributed by atoms with Crippen molar-refractivity contribution in [3.8, 4) is 0 Å². The summed E-state index contributed by atoms with van der Waals surface area (Å²) in [5.41, 5.74) is 1.46. The number of anilines is 1. The van der Waals surface area contributed by atoms with Gasteiger partial charge >= 0.3 is 5.82 Å². The third-order valence-corrected chi connectivity index (χ3v) is 3.26. The first-order valence-corrected chi connectivity index (χ1v) is 6.85. The maximum absolute atomic E-state index is 10.9. The normalized spacial score (nSPS) is 10.8. The molecule has 0 radical (unpaired) electrons. The van der Waals surface area contributed by atoms with Gasteiger partial charge in [-0.1, -0.05) is 27.3 Å². The number of hydrogen-bond acceptors (Lipinski definition) is 6. The summed E-state index contributed by atoms with van der Waals surface area (Å²) >= 11 is 5.73. The molecular formula is C13H11ClN6O2. The van der Waals surface area contributed by atoms with E-state index in [9.17, 15) is 10.1 Å². The molecule has 0 aliphatic heterocycles. The highest BCUT2D eigenvalue weighted by Gasteiger charge is 2.15. The molecule has 112 valence electrons. The van der Waals surface area contributed by atoms with Gasteiger partial charge in [-0.3, -0.25) is 0 Å². The van der Waals surface area contributed by atoms with Gasteiger partial charge < -0.3 is 15.4 Å². The van der Waals surface area contributed by atoms with E-state index in [0.717, 1.165) is 12.0 Å². The van der Waals surface area contributed by atoms with Gasteiger partial charge in [0.2, 0.25) is 5.65 Å². The van der Waals surface area contributed by atoms with Crippen molar-refractivity contribution in [1.82, 2.24) is 19.6 Å². The molecule has 0 amide bonds. The summed E-state index contributed by atoms with van der Waals surface area (Å²) in [6, 6.07) is 7.03. The summed E-state index contributed by atoms with van der Waals surface area (Å²) in [6.45, 7) is 0.615. The number of nitro groups is 1. The van der Waals surface area contributed by atoms with E-state index in [4.69, 9.17) is 11.6 Å². The lowest BCUT2D eigenvalue weighted by Gasteiger charge is -2.04. The molecule has 3 rings (SSSR count). The van der Waals surface area contributed by atoms with E-state index in [1.165, 1.54) is 10.7 Å². The first kappa shape index (κ1) is 14.2. The van der Waals surface area contributed by atoms with Crippen LogP contribution in [0.25, 0.3) is 5.65 Å². The van der Waals surface area contributed by atoms with Crippen LogP contribution in [0.5, 0.6) is 0 Å². The third-order valence-electron chi connectivity index (χ3n) is 3.04. The third kappa shape index (κ3) is 2.96. The molecule has 0 unspecified atom stereocenters. The average Bonchev–Trinajstić information content (AvgIpc) is 2.92. The maximum Gasteiger partial charge on any atom is 0.368 e. The lowest BCUT2D eigenvalue weighted by atomic mass is 10.2. The summed E-state index contributed by atoms with van der Waals surface area (Å²) < 4.78 is 1.20. The van der Waals surface area contributed by atoms with Crippen LogP contribution in [0.3, 0.4) is 0 Å². The molecule has 0 aliphatic rings. The summed E-state index contributed by atoms with van der Waals surface area (Å²) in [4.78, 5) is 18.3. The van der Waals surface area contributed by atoms with Crippen molar-refractivity contribution in [3.05, 3.63) is 57.5 Å². The molecule has 1 N–H and O–H groups in total. The van der Waals surface area contributed by atoms with Gasteiger partial charge in [0.15, 0.2) is 5.82 Å². The van der Waals surface area contributed by atoms with Gasteiger partial charge in [0.1, 0.15) is 11.3 Å². The monoisotopic (exact) mass is 318 g/mol. The number of nitrogens with one attached hydrogen (secondary N) is 1. The van der Waals surface area contributed by atoms with Gasteiger partial charge in [0.05, 0.1) is 0 Å². The highest BCUT2D eigenvalue weighted by atomic mass is 35.5. The van der Waals surface area contributed by atoms with Gasteiger partial charge in [0, 0.05) is 18.8 Å². The van der Waals surface area contributed by atoms with Gasteiger partial charge in [-0.05, 0) is 29.0 Å². The standard InChI is InChI=1S/C13H11ClN6O2/c14-10-2-1-9(7-16-10)5-6-15-11-3-4-12-17-8-13(20(21)22)19(12)18-11/h1-4,7-8H,5-6H2,(H,15,18). The number of fused-ring (bicyclic) bond motifs is 1. The smallest absolute Gasteiger partial charge is 0.367 e. The van der Waals surface area contributed by atoms with E-state index in [0.29, 0.717) is 23.2 Å². The zero-order valence-corrected chi connectivity index (χ0v) is 12.1. The Bertz CT molecular complexity index is 817. The number of rotatable bonds is 5. The van der Waals surface area contributed by atoms with Crippen molar-refractivity contribution in [2.24, 2.45) is 0 Å². The second-order valence-corrected chi connectivity index (χ2v) is 4.92. The molecule has 0 atom stereocenters. The number of nitrogens with zero attached hydrogens (tertiary/aromatic N) is 5. The predicted molar refractivity (Wildman–Crippen MR) is 81.1 cm³/mol. The second-order valence-electron chi connectivity index (χ2n) is 4.53. The molecule has 0 aromatic carbocycles. The highest BCUT2D eigenvalue weighted by molar-refractivity contribution is 6.29. The van der Waals surface area contributed by atoms with Crippen LogP contribution < -0.4 is 5.32 Å². The molecule has 0 saturated heterocycles. The van der Waals surface area contributed by atoms with Crippen LogP contribution >= 0.6 is 11.6 Å². The fourth-order valence-corrected chi connectivity index (χ4v) is 2.08. The molecule has 8 nitrogen and oxygen atoms in total. The van der Waals surface area contributed by atoms with Crippen LogP contribution in [0.1, 0.15) is 5.56 Å². The van der Waals surface area contributed by atoms with E-state index in [2.05, 4.69) is 20.4 Å². The topological polar surface area (TPSA) is 98.2 Å². The van der Waals surface area contributed by atoms with E-state index in [1.54, 1.807) is 24.4 Å². The van der Waals surface area contributed by atoms with Crippen LogP contribution in [0, 0.1) is 10.1 Å². The van der Waals surface area contributed by atoms with E-state index < -0.39 is 4.92 Å². The number of aromatic nitrogens is 4. The summed E-state index contributed by atoms with van der Waals surface area (Å²) in [5, 5.41) is 18.6. The SMILES string of the molecule is O=[N+]([O-])c1cnc2ccc(NCCc3ccc(Cl)nc3)nn12. The number of imidazole rings is 1. The van der Waals surface area contributed by atoms with Gasteiger partial charge in [-0.25, -0.2) is 9.97 Å². The van der Waals surface area contributed by atoms with Crippen LogP contribution in [0.2, 0.25) is 5.15 Å². The quantitative estimate of drug-likeness (QED) is 0.440. The molecule has 0 aliphatic carbocycles. The Balaban J connectivity index is 1.70. The Hall–Kier alpha value is -2.74. The largest absolute Gasteiger partial charge is 0.368 e. The van der Waals surface area contributed by atoms with E-state index in [-0.39, 0.29) is 5.82 Å². The summed E-state index contributed by atoms with van der Waals surface area (Å²) in [7, 11) is 0. The Morgan fingerprint density at radius 2 is 2.09 bits per heavy atom. The number of pyridine rings is 1. The van der Waals surface area contributed by atoms with E-state index in [1.807, 2.05) is 6.07 Å². The fourth-order valence-electron chi connectivity index (χ4n) is 1.97. The molecule has 3 aromatic heterocycles. The van der Waals surface area contributed by atoms with Crippen molar-refractivity contribution in [1.29, 1.82) is 0 Å². The number of hydrogen-bond donors (Lipinski definition) is 1. The summed E-state index contributed by atoms with van der Waals surface area (Å²) in [6.07, 6.45) is 3.63. The minimum absolute atomic E-state index is 0.166. The van der Waals surface area contributed by atoms with Crippen LogP contribution in [-0.4, -0.2) is 31.1 Å². The Labute approximate surface area is 129 Å². The zero-order valence-electron chi connectivity index (χ0n) is 11.3. The zero-order chi connectivity index (χ0) is 15.5. The molecule has 0 saturated carbocycles. The molecule has 0 fully saturated rings. The minimum atomic E-state index is -0.518. The molecule has 3 aromatic rings. The predicted octanol–water partition coefficient (Wildman–Crippen LogP) is 2.34. The highest BCUT2D eigenvalue weighted by Crippen LogP contribution is 2.14. The van der Waals surface area contributed by atoms with Gasteiger partial charge in [0.25, 0.3) is 0 Å². The Morgan fingerprint density at radius 3 is 2.82 bits per heavy atom. The lowest BCUT2D eigenvalue weighted by Crippen LogP contribution is -2.08. The average molecular weight is 319 g/mol. The van der Waals surface area contributed by atoms with Gasteiger partial charge in [-0.2, -0.15) is 0 Å². The second kappa shape index (κ2) is 5.94. The van der Waals surface area contributed by atoms with Crippen LogP contribution in [0.15, 0.2) is 36.7 Å². The number of halogens is 1.